The molecule has 1 heterocycles. The molecule has 0 aromatic heterocycles. The lowest BCUT2D eigenvalue weighted by Gasteiger charge is -2.17. The van der Waals surface area contributed by atoms with Crippen molar-refractivity contribution in [2.75, 3.05) is 32.1 Å². The van der Waals surface area contributed by atoms with Gasteiger partial charge in [0.05, 0.1) is 25.4 Å². The molecule has 1 saturated heterocycles. The number of nitrogens with one attached hydrogen (secondary N) is 1. The van der Waals surface area contributed by atoms with Crippen LogP contribution >= 0.6 is 0 Å². The first-order chi connectivity index (χ1) is 8.70. The number of hydrogen-bond donors (Lipinski definition) is 2. The van der Waals surface area contributed by atoms with Crippen molar-refractivity contribution < 1.29 is 14.6 Å². The Bertz CT molecular complexity index is 422. The van der Waals surface area contributed by atoms with Gasteiger partial charge in [-0.05, 0) is 18.6 Å². The number of benzene rings is 1. The highest BCUT2D eigenvalue weighted by molar-refractivity contribution is 5.81. The Labute approximate surface area is 106 Å². The summed E-state index contributed by atoms with van der Waals surface area (Å²) in [5.41, 5.74) is 0.799. The molecule has 18 heavy (non-hydrogen) atoms. The molecule has 2 rings (SSSR count). The lowest BCUT2D eigenvalue weighted by atomic mass is 10.3. The van der Waals surface area contributed by atoms with Crippen LogP contribution in [0.5, 0.6) is 5.75 Å². The number of aliphatic hydroxyl groups is 1. The predicted molar refractivity (Wildman–Crippen MR) is 68.7 cm³/mol. The molecule has 0 saturated carbocycles. The van der Waals surface area contributed by atoms with E-state index in [0.717, 1.165) is 5.69 Å². The summed E-state index contributed by atoms with van der Waals surface area (Å²) in [6, 6.07) is 7.47. The number of aliphatic hydroxyl groups excluding tert-OH is 1. The van der Waals surface area contributed by atoms with Gasteiger partial charge < -0.3 is 20.1 Å². The number of nitrogens with zero attached hydrogens (tertiary/aromatic N) is 1. The summed E-state index contributed by atoms with van der Waals surface area (Å²) in [6.07, 6.45) is 0.292. The molecule has 0 aliphatic carbocycles. The molecule has 5 nitrogen and oxygen atoms in total. The van der Waals surface area contributed by atoms with Gasteiger partial charge in [0, 0.05) is 13.1 Å². The zero-order valence-electron chi connectivity index (χ0n) is 10.4. The van der Waals surface area contributed by atoms with Crippen LogP contribution in [0, 0.1) is 0 Å². The van der Waals surface area contributed by atoms with Gasteiger partial charge in [0.15, 0.2) is 0 Å². The van der Waals surface area contributed by atoms with Crippen molar-refractivity contribution in [1.82, 2.24) is 4.90 Å². The number of rotatable bonds is 4. The first-order valence-electron chi connectivity index (χ1n) is 6.03. The molecule has 1 aliphatic heterocycles. The van der Waals surface area contributed by atoms with E-state index in [9.17, 15) is 9.90 Å². The number of ether oxygens (including phenoxy) is 1. The van der Waals surface area contributed by atoms with E-state index in [0.29, 0.717) is 25.3 Å². The maximum absolute atomic E-state index is 11.9. The summed E-state index contributed by atoms with van der Waals surface area (Å²) < 4.78 is 5.19. The summed E-state index contributed by atoms with van der Waals surface area (Å²) in [5, 5.41) is 12.4. The van der Waals surface area contributed by atoms with Crippen LogP contribution in [0.3, 0.4) is 0 Å². The molecule has 1 fully saturated rings. The molecule has 1 aliphatic rings. The Morgan fingerprint density at radius 2 is 2.33 bits per heavy atom. The number of anilines is 1. The monoisotopic (exact) mass is 250 g/mol. The Hall–Kier alpha value is -1.75. The summed E-state index contributed by atoms with van der Waals surface area (Å²) in [6.45, 7) is 1.28. The minimum atomic E-state index is -0.375. The van der Waals surface area contributed by atoms with E-state index in [1.807, 2.05) is 24.3 Å². The number of methoxy groups -OCH3 is 1. The smallest absolute Gasteiger partial charge is 0.241 e. The van der Waals surface area contributed by atoms with Crippen LogP contribution in [0.15, 0.2) is 24.3 Å². The summed E-state index contributed by atoms with van der Waals surface area (Å²) in [7, 11) is 1.60. The third-order valence-corrected chi connectivity index (χ3v) is 3.05. The Kier molecular flexibility index (Phi) is 4.04. The highest BCUT2D eigenvalue weighted by atomic mass is 16.5. The van der Waals surface area contributed by atoms with Crippen molar-refractivity contribution in [3.05, 3.63) is 24.3 Å². The molecule has 1 atom stereocenters. The SMILES string of the molecule is COc1ccccc1NCC(=O)N1CC[C@@H](O)C1. The van der Waals surface area contributed by atoms with Crippen molar-refractivity contribution in [2.24, 2.45) is 0 Å². The summed E-state index contributed by atoms with van der Waals surface area (Å²) >= 11 is 0. The van der Waals surface area contributed by atoms with Crippen LogP contribution in [-0.4, -0.2) is 48.8 Å². The quantitative estimate of drug-likeness (QED) is 0.826. The van der Waals surface area contributed by atoms with E-state index >= 15 is 0 Å². The van der Waals surface area contributed by atoms with Crippen molar-refractivity contribution in [3.8, 4) is 5.75 Å². The van der Waals surface area contributed by atoms with Gasteiger partial charge in [-0.25, -0.2) is 0 Å². The van der Waals surface area contributed by atoms with Crippen LogP contribution in [0.1, 0.15) is 6.42 Å². The highest BCUT2D eigenvalue weighted by Crippen LogP contribution is 2.22. The fourth-order valence-corrected chi connectivity index (χ4v) is 2.04. The van der Waals surface area contributed by atoms with E-state index in [2.05, 4.69) is 5.32 Å². The molecule has 0 bridgehead atoms. The third-order valence-electron chi connectivity index (χ3n) is 3.05. The third kappa shape index (κ3) is 2.92. The van der Waals surface area contributed by atoms with Gasteiger partial charge >= 0.3 is 0 Å². The molecule has 1 amide bonds. The minimum absolute atomic E-state index is 0.00236. The standard InChI is InChI=1S/C13H18N2O3/c1-18-12-5-3-2-4-11(12)14-8-13(17)15-7-6-10(16)9-15/h2-5,10,14,16H,6-9H2,1H3/t10-/m1/s1. The maximum atomic E-state index is 11.9. The van der Waals surface area contributed by atoms with E-state index in [1.165, 1.54) is 0 Å². The van der Waals surface area contributed by atoms with Gasteiger partial charge in [-0.2, -0.15) is 0 Å². The Balaban J connectivity index is 1.89. The molecule has 0 radical (unpaired) electrons. The van der Waals surface area contributed by atoms with Crippen molar-refractivity contribution in [2.45, 2.75) is 12.5 Å². The first kappa shape index (κ1) is 12.7. The molecule has 0 spiro atoms. The first-order valence-corrected chi connectivity index (χ1v) is 6.03. The van der Waals surface area contributed by atoms with Gasteiger partial charge in [0.2, 0.25) is 5.91 Å². The van der Waals surface area contributed by atoms with Crippen LogP contribution in [0.25, 0.3) is 0 Å². The Morgan fingerprint density at radius 3 is 3.00 bits per heavy atom. The van der Waals surface area contributed by atoms with E-state index in [-0.39, 0.29) is 18.6 Å². The van der Waals surface area contributed by atoms with Gasteiger partial charge in [-0.1, -0.05) is 12.1 Å². The topological polar surface area (TPSA) is 61.8 Å². The molecule has 1 aromatic carbocycles. The number of carbonyl (C=O) groups excluding carboxylic acids is 1. The molecular formula is C13H18N2O3. The average molecular weight is 250 g/mol. The second-order valence-corrected chi connectivity index (χ2v) is 4.34. The number of hydrogen-bond acceptors (Lipinski definition) is 4. The van der Waals surface area contributed by atoms with E-state index < -0.39 is 0 Å². The zero-order valence-corrected chi connectivity index (χ0v) is 10.4. The summed E-state index contributed by atoms with van der Waals surface area (Å²) in [4.78, 5) is 13.5. The number of amides is 1. The highest BCUT2D eigenvalue weighted by Gasteiger charge is 2.24. The molecular weight excluding hydrogens is 232 g/mol. The Morgan fingerprint density at radius 1 is 1.56 bits per heavy atom. The largest absolute Gasteiger partial charge is 0.495 e. The second-order valence-electron chi connectivity index (χ2n) is 4.34. The van der Waals surface area contributed by atoms with Crippen LogP contribution in [0.2, 0.25) is 0 Å². The number of likely N-dealkylation sites (tertiary alicyclic amines) is 1. The summed E-state index contributed by atoms with van der Waals surface area (Å²) in [5.74, 6) is 0.712. The molecule has 5 heteroatoms. The minimum Gasteiger partial charge on any atom is -0.495 e. The van der Waals surface area contributed by atoms with Gasteiger partial charge in [-0.3, -0.25) is 4.79 Å². The normalized spacial score (nSPS) is 18.8. The lowest BCUT2D eigenvalue weighted by Crippen LogP contribution is -2.34. The average Bonchev–Trinajstić information content (AvgIpc) is 2.83. The molecule has 0 unspecified atom stereocenters. The van der Waals surface area contributed by atoms with E-state index in [1.54, 1.807) is 12.0 Å². The maximum Gasteiger partial charge on any atom is 0.241 e. The van der Waals surface area contributed by atoms with Gasteiger partial charge in [0.1, 0.15) is 5.75 Å². The van der Waals surface area contributed by atoms with Crippen LogP contribution < -0.4 is 10.1 Å². The van der Waals surface area contributed by atoms with Crippen molar-refractivity contribution in [3.63, 3.8) is 0 Å². The molecule has 2 N–H and O–H groups in total. The van der Waals surface area contributed by atoms with E-state index in [4.69, 9.17) is 4.74 Å². The number of carbonyl (C=O) groups is 1. The van der Waals surface area contributed by atoms with Gasteiger partial charge in [-0.15, -0.1) is 0 Å². The molecule has 1 aromatic rings. The number of β-amino-alcohol motifs (C(OH)–C–C–N with tert-alkyl or cyclic N) is 1. The fraction of sp³-hybridized carbons (Fsp3) is 0.462. The van der Waals surface area contributed by atoms with Crippen molar-refractivity contribution >= 4 is 11.6 Å². The zero-order chi connectivity index (χ0) is 13.0. The second kappa shape index (κ2) is 5.73. The van der Waals surface area contributed by atoms with Crippen LogP contribution in [0.4, 0.5) is 5.69 Å². The lowest BCUT2D eigenvalue weighted by molar-refractivity contribution is -0.128. The molecule has 98 valence electrons. The van der Waals surface area contributed by atoms with Crippen molar-refractivity contribution in [1.29, 1.82) is 0 Å². The fourth-order valence-electron chi connectivity index (χ4n) is 2.04. The van der Waals surface area contributed by atoms with Gasteiger partial charge in [0.25, 0.3) is 0 Å². The number of para-hydroxylation sites is 2. The predicted octanol–water partition coefficient (Wildman–Crippen LogP) is 0.700. The van der Waals surface area contributed by atoms with Crippen LogP contribution in [-0.2, 0) is 4.79 Å².